The number of hydrogen-bond donors (Lipinski definition) is 2. The van der Waals surface area contributed by atoms with Gasteiger partial charge in [0, 0.05) is 6.54 Å². The third kappa shape index (κ3) is 3.81. The smallest absolute Gasteiger partial charge is 0.288 e. The number of nitrogens with one attached hydrogen (secondary N) is 2. The normalized spacial score (nSPS) is 16.9. The highest BCUT2D eigenvalue weighted by atomic mass is 16.2. The molecule has 2 N–H and O–H groups in total. The summed E-state index contributed by atoms with van der Waals surface area (Å²) in [5.41, 5.74) is 0. The van der Waals surface area contributed by atoms with Crippen molar-refractivity contribution in [1.82, 2.24) is 25.4 Å². The standard InChI is InChI=1S/C11H19N5O/c17-11(10-13-9-14-15-10)12-5-4-8-16-6-2-1-3-7-16/h9H,1-8H2,(H,12,17)(H,13,14,15). The van der Waals surface area contributed by atoms with Gasteiger partial charge in [0.05, 0.1) is 0 Å². The monoisotopic (exact) mass is 237 g/mol. The Balaban J connectivity index is 1.58. The van der Waals surface area contributed by atoms with Crippen molar-refractivity contribution in [2.45, 2.75) is 25.7 Å². The topological polar surface area (TPSA) is 73.9 Å². The molecule has 17 heavy (non-hydrogen) atoms. The number of hydrogen-bond acceptors (Lipinski definition) is 4. The van der Waals surface area contributed by atoms with Crippen LogP contribution in [0, 0.1) is 0 Å². The lowest BCUT2D eigenvalue weighted by atomic mass is 10.1. The van der Waals surface area contributed by atoms with E-state index in [0.29, 0.717) is 6.54 Å². The maximum atomic E-state index is 11.5. The molecule has 2 rings (SSSR count). The minimum atomic E-state index is -0.179. The molecule has 1 aromatic heterocycles. The summed E-state index contributed by atoms with van der Waals surface area (Å²) in [6, 6.07) is 0. The molecular formula is C11H19N5O. The summed E-state index contributed by atoms with van der Waals surface area (Å²) in [7, 11) is 0. The van der Waals surface area contributed by atoms with E-state index in [0.717, 1.165) is 13.0 Å². The van der Waals surface area contributed by atoms with Crippen molar-refractivity contribution in [2.75, 3.05) is 26.2 Å². The lowest BCUT2D eigenvalue weighted by Gasteiger charge is -2.26. The molecule has 0 radical (unpaired) electrons. The highest BCUT2D eigenvalue weighted by Gasteiger charge is 2.10. The summed E-state index contributed by atoms with van der Waals surface area (Å²) < 4.78 is 0. The van der Waals surface area contributed by atoms with Gasteiger partial charge in [-0.15, -0.1) is 0 Å². The molecule has 94 valence electrons. The number of carbonyl (C=O) groups excluding carboxylic acids is 1. The number of likely N-dealkylation sites (tertiary alicyclic amines) is 1. The first-order valence-electron chi connectivity index (χ1n) is 6.22. The molecule has 1 aromatic rings. The van der Waals surface area contributed by atoms with Crippen LogP contribution in [-0.4, -0.2) is 52.2 Å². The van der Waals surface area contributed by atoms with Gasteiger partial charge >= 0.3 is 0 Å². The van der Waals surface area contributed by atoms with Crippen molar-refractivity contribution in [1.29, 1.82) is 0 Å². The lowest BCUT2D eigenvalue weighted by molar-refractivity contribution is 0.0941. The number of nitrogens with zero attached hydrogens (tertiary/aromatic N) is 3. The number of rotatable bonds is 5. The molecule has 0 aliphatic carbocycles. The number of amides is 1. The molecule has 0 spiro atoms. The van der Waals surface area contributed by atoms with Gasteiger partial charge in [0.2, 0.25) is 5.82 Å². The second kappa shape index (κ2) is 6.34. The minimum Gasteiger partial charge on any atom is -0.349 e. The van der Waals surface area contributed by atoms with Crippen LogP contribution in [-0.2, 0) is 0 Å². The molecule has 0 unspecified atom stereocenters. The van der Waals surface area contributed by atoms with E-state index in [4.69, 9.17) is 0 Å². The van der Waals surface area contributed by atoms with Crippen molar-refractivity contribution in [3.05, 3.63) is 12.2 Å². The fourth-order valence-electron chi connectivity index (χ4n) is 2.09. The Hall–Kier alpha value is -1.43. The molecule has 0 saturated carbocycles. The fourth-order valence-corrected chi connectivity index (χ4v) is 2.09. The number of aromatic amines is 1. The lowest BCUT2D eigenvalue weighted by Crippen LogP contribution is -2.33. The molecular weight excluding hydrogens is 218 g/mol. The average molecular weight is 237 g/mol. The molecule has 1 fully saturated rings. The van der Waals surface area contributed by atoms with Crippen LogP contribution in [0.5, 0.6) is 0 Å². The van der Waals surface area contributed by atoms with Crippen molar-refractivity contribution in [2.24, 2.45) is 0 Å². The van der Waals surface area contributed by atoms with Gasteiger partial charge in [-0.1, -0.05) is 6.42 Å². The van der Waals surface area contributed by atoms with Crippen LogP contribution < -0.4 is 5.32 Å². The van der Waals surface area contributed by atoms with Gasteiger partial charge in [-0.25, -0.2) is 4.98 Å². The van der Waals surface area contributed by atoms with E-state index in [-0.39, 0.29) is 11.7 Å². The molecule has 1 aliphatic rings. The molecule has 0 aromatic carbocycles. The summed E-state index contributed by atoms with van der Waals surface area (Å²) in [6.45, 7) is 4.17. The molecule has 1 amide bonds. The van der Waals surface area contributed by atoms with E-state index < -0.39 is 0 Å². The molecule has 0 bridgehead atoms. The largest absolute Gasteiger partial charge is 0.349 e. The predicted molar refractivity (Wildman–Crippen MR) is 63.6 cm³/mol. The second-order valence-corrected chi connectivity index (χ2v) is 4.35. The third-order valence-corrected chi connectivity index (χ3v) is 3.02. The van der Waals surface area contributed by atoms with Crippen LogP contribution in [0.4, 0.5) is 0 Å². The van der Waals surface area contributed by atoms with Gasteiger partial charge in [-0.3, -0.25) is 9.89 Å². The van der Waals surface area contributed by atoms with E-state index in [1.807, 2.05) is 0 Å². The Labute approximate surface area is 101 Å². The van der Waals surface area contributed by atoms with Gasteiger partial charge in [0.15, 0.2) is 0 Å². The van der Waals surface area contributed by atoms with Crippen molar-refractivity contribution >= 4 is 5.91 Å². The average Bonchev–Trinajstić information content (AvgIpc) is 2.89. The van der Waals surface area contributed by atoms with E-state index in [1.54, 1.807) is 0 Å². The number of aromatic nitrogens is 3. The zero-order valence-corrected chi connectivity index (χ0v) is 9.98. The van der Waals surface area contributed by atoms with Crippen molar-refractivity contribution < 1.29 is 4.79 Å². The van der Waals surface area contributed by atoms with Crippen LogP contribution >= 0.6 is 0 Å². The van der Waals surface area contributed by atoms with Gasteiger partial charge < -0.3 is 10.2 Å². The molecule has 0 atom stereocenters. The Morgan fingerprint density at radius 3 is 2.94 bits per heavy atom. The van der Waals surface area contributed by atoms with Crippen molar-refractivity contribution in [3.63, 3.8) is 0 Å². The number of H-pyrrole nitrogens is 1. The highest BCUT2D eigenvalue weighted by Crippen LogP contribution is 2.08. The Kier molecular flexibility index (Phi) is 4.49. The highest BCUT2D eigenvalue weighted by molar-refractivity contribution is 5.90. The first-order chi connectivity index (χ1) is 8.36. The van der Waals surface area contributed by atoms with Crippen LogP contribution in [0.2, 0.25) is 0 Å². The Morgan fingerprint density at radius 1 is 1.41 bits per heavy atom. The van der Waals surface area contributed by atoms with Crippen LogP contribution in [0.15, 0.2) is 6.33 Å². The van der Waals surface area contributed by atoms with Crippen LogP contribution in [0.25, 0.3) is 0 Å². The summed E-state index contributed by atoms with van der Waals surface area (Å²) in [5, 5.41) is 9.01. The van der Waals surface area contributed by atoms with Gasteiger partial charge in [0.1, 0.15) is 6.33 Å². The first kappa shape index (κ1) is 12.0. The second-order valence-electron chi connectivity index (χ2n) is 4.35. The zero-order chi connectivity index (χ0) is 11.9. The number of piperidine rings is 1. The maximum Gasteiger partial charge on any atom is 0.288 e. The molecule has 1 aliphatic heterocycles. The molecule has 6 heteroatoms. The van der Waals surface area contributed by atoms with Crippen LogP contribution in [0.1, 0.15) is 36.3 Å². The van der Waals surface area contributed by atoms with E-state index in [1.165, 1.54) is 38.7 Å². The fraction of sp³-hybridized carbons (Fsp3) is 0.727. The quantitative estimate of drug-likeness (QED) is 0.727. The Bertz CT molecular complexity index is 332. The van der Waals surface area contributed by atoms with Crippen molar-refractivity contribution in [3.8, 4) is 0 Å². The maximum absolute atomic E-state index is 11.5. The van der Waals surface area contributed by atoms with E-state index >= 15 is 0 Å². The molecule has 1 saturated heterocycles. The van der Waals surface area contributed by atoms with Crippen LogP contribution in [0.3, 0.4) is 0 Å². The first-order valence-corrected chi connectivity index (χ1v) is 6.22. The third-order valence-electron chi connectivity index (χ3n) is 3.02. The predicted octanol–water partition coefficient (Wildman–Crippen LogP) is 0.410. The Morgan fingerprint density at radius 2 is 2.24 bits per heavy atom. The zero-order valence-electron chi connectivity index (χ0n) is 9.98. The van der Waals surface area contributed by atoms with Gasteiger partial charge in [-0.2, -0.15) is 5.10 Å². The van der Waals surface area contributed by atoms with E-state index in [9.17, 15) is 4.79 Å². The summed E-state index contributed by atoms with van der Waals surface area (Å²) in [6.07, 6.45) is 6.30. The SMILES string of the molecule is O=C(NCCCN1CCCCC1)c1ncn[nH]1. The molecule has 2 heterocycles. The number of carbonyl (C=O) groups is 1. The summed E-state index contributed by atoms with van der Waals surface area (Å²) in [4.78, 5) is 17.8. The summed E-state index contributed by atoms with van der Waals surface area (Å²) >= 11 is 0. The van der Waals surface area contributed by atoms with Gasteiger partial charge in [-0.05, 0) is 38.9 Å². The van der Waals surface area contributed by atoms with E-state index in [2.05, 4.69) is 25.4 Å². The minimum absolute atomic E-state index is 0.179. The van der Waals surface area contributed by atoms with Gasteiger partial charge in [0.25, 0.3) is 5.91 Å². The summed E-state index contributed by atoms with van der Waals surface area (Å²) in [5.74, 6) is 0.101. The molecule has 6 nitrogen and oxygen atoms in total.